The van der Waals surface area contributed by atoms with E-state index in [4.69, 9.17) is 9.15 Å². The first-order valence-electron chi connectivity index (χ1n) is 5.96. The van der Waals surface area contributed by atoms with E-state index < -0.39 is 0 Å². The van der Waals surface area contributed by atoms with Crippen molar-refractivity contribution in [3.63, 3.8) is 0 Å². The maximum absolute atomic E-state index is 5.74. The molecule has 0 saturated heterocycles. The molecule has 98 valence electrons. The molecule has 0 bridgehead atoms. The molecule has 0 spiro atoms. The highest BCUT2D eigenvalue weighted by Gasteiger charge is 2.09. The first-order valence-corrected chi connectivity index (χ1v) is 5.96. The minimum Gasteiger partial charge on any atom is -0.473 e. The zero-order chi connectivity index (χ0) is 13.1. The third-order valence-corrected chi connectivity index (χ3v) is 2.76. The summed E-state index contributed by atoms with van der Waals surface area (Å²) in [6.45, 7) is 5.12. The van der Waals surface area contributed by atoms with Crippen molar-refractivity contribution in [2.75, 3.05) is 7.05 Å². The molecule has 18 heavy (non-hydrogen) atoms. The van der Waals surface area contributed by atoms with E-state index in [2.05, 4.69) is 10.4 Å². The van der Waals surface area contributed by atoms with Gasteiger partial charge in [0.05, 0.1) is 12.2 Å². The Morgan fingerprint density at radius 1 is 1.39 bits per heavy atom. The highest BCUT2D eigenvalue weighted by Crippen LogP contribution is 2.18. The summed E-state index contributed by atoms with van der Waals surface area (Å²) >= 11 is 0. The maximum Gasteiger partial charge on any atom is 0.212 e. The molecule has 0 saturated carbocycles. The van der Waals surface area contributed by atoms with Gasteiger partial charge in [-0.1, -0.05) is 0 Å². The molecule has 0 aliphatic rings. The molecule has 2 rings (SSSR count). The highest BCUT2D eigenvalue weighted by molar-refractivity contribution is 5.21. The summed E-state index contributed by atoms with van der Waals surface area (Å²) in [5.74, 6) is 2.59. The van der Waals surface area contributed by atoms with E-state index in [9.17, 15) is 0 Å². The third kappa shape index (κ3) is 2.73. The summed E-state index contributed by atoms with van der Waals surface area (Å²) in [5, 5.41) is 7.30. The van der Waals surface area contributed by atoms with Gasteiger partial charge in [-0.25, -0.2) is 4.68 Å². The predicted molar refractivity (Wildman–Crippen MR) is 68.5 cm³/mol. The van der Waals surface area contributed by atoms with Crippen LogP contribution >= 0.6 is 0 Å². The topological polar surface area (TPSA) is 52.2 Å². The Hall–Kier alpha value is -1.75. The van der Waals surface area contributed by atoms with Crippen LogP contribution in [0.5, 0.6) is 5.88 Å². The molecule has 1 N–H and O–H groups in total. The second-order valence-electron chi connectivity index (χ2n) is 4.36. The lowest BCUT2D eigenvalue weighted by Crippen LogP contribution is -2.03. The predicted octanol–water partition coefficient (Wildman–Crippen LogP) is 1.93. The van der Waals surface area contributed by atoms with Crippen molar-refractivity contribution < 1.29 is 9.15 Å². The number of aromatic nitrogens is 2. The van der Waals surface area contributed by atoms with Crippen molar-refractivity contribution >= 4 is 0 Å². The fourth-order valence-corrected chi connectivity index (χ4v) is 1.87. The third-order valence-electron chi connectivity index (χ3n) is 2.76. The average Bonchev–Trinajstić information content (AvgIpc) is 2.80. The van der Waals surface area contributed by atoms with Crippen LogP contribution in [0.1, 0.15) is 22.8 Å². The highest BCUT2D eigenvalue weighted by atomic mass is 16.5. The molecule has 0 atom stereocenters. The summed E-state index contributed by atoms with van der Waals surface area (Å²) in [5.41, 5.74) is 2.02. The smallest absolute Gasteiger partial charge is 0.212 e. The lowest BCUT2D eigenvalue weighted by atomic mass is 10.2. The second-order valence-corrected chi connectivity index (χ2v) is 4.36. The Bertz CT molecular complexity index is 528. The number of rotatable bonds is 5. The number of aryl methyl sites for hydroxylation is 3. The van der Waals surface area contributed by atoms with E-state index in [0.717, 1.165) is 35.2 Å². The molecule has 0 unspecified atom stereocenters. The first-order chi connectivity index (χ1) is 8.60. The van der Waals surface area contributed by atoms with E-state index in [1.165, 1.54) is 0 Å². The lowest BCUT2D eigenvalue weighted by molar-refractivity contribution is 0.276. The van der Waals surface area contributed by atoms with E-state index >= 15 is 0 Å². The Morgan fingerprint density at radius 2 is 2.17 bits per heavy atom. The monoisotopic (exact) mass is 249 g/mol. The van der Waals surface area contributed by atoms with Crippen LogP contribution in [0.2, 0.25) is 0 Å². The van der Waals surface area contributed by atoms with Crippen molar-refractivity contribution in [1.29, 1.82) is 0 Å². The minimum atomic E-state index is 0.498. The van der Waals surface area contributed by atoms with Gasteiger partial charge in [0.1, 0.15) is 18.1 Å². The fraction of sp³-hybridized carbons (Fsp3) is 0.462. The van der Waals surface area contributed by atoms with Gasteiger partial charge >= 0.3 is 0 Å². The van der Waals surface area contributed by atoms with Crippen LogP contribution < -0.4 is 10.1 Å². The van der Waals surface area contributed by atoms with Crippen LogP contribution in [0.3, 0.4) is 0 Å². The van der Waals surface area contributed by atoms with Crippen molar-refractivity contribution in [3.05, 3.63) is 34.9 Å². The van der Waals surface area contributed by atoms with E-state index in [1.54, 1.807) is 4.68 Å². The van der Waals surface area contributed by atoms with E-state index in [-0.39, 0.29) is 0 Å². The van der Waals surface area contributed by atoms with Gasteiger partial charge < -0.3 is 14.5 Å². The van der Waals surface area contributed by atoms with Gasteiger partial charge in [0.25, 0.3) is 0 Å². The SMILES string of the molecule is CNCc1cc(COc2cc(C)nn2C)c(C)o1. The van der Waals surface area contributed by atoms with Gasteiger partial charge in [0.15, 0.2) is 0 Å². The van der Waals surface area contributed by atoms with Gasteiger partial charge in [-0.3, -0.25) is 0 Å². The van der Waals surface area contributed by atoms with Crippen LogP contribution in [-0.2, 0) is 20.2 Å². The largest absolute Gasteiger partial charge is 0.473 e. The Labute approximate surface area is 107 Å². The van der Waals surface area contributed by atoms with Crippen molar-refractivity contribution in [1.82, 2.24) is 15.1 Å². The standard InChI is InChI=1S/C13H19N3O2/c1-9-5-13(16(4)15-9)17-8-11-6-12(7-14-3)18-10(11)2/h5-6,14H,7-8H2,1-4H3. The zero-order valence-corrected chi connectivity index (χ0v) is 11.3. The van der Waals surface area contributed by atoms with Crippen LogP contribution in [0.4, 0.5) is 0 Å². The average molecular weight is 249 g/mol. The van der Waals surface area contributed by atoms with E-state index in [1.807, 2.05) is 40.1 Å². The summed E-state index contributed by atoms with van der Waals surface area (Å²) in [6, 6.07) is 3.94. The second kappa shape index (κ2) is 5.27. The molecule has 0 aromatic carbocycles. The summed E-state index contributed by atoms with van der Waals surface area (Å²) in [7, 11) is 3.77. The van der Waals surface area contributed by atoms with Crippen molar-refractivity contribution in [2.24, 2.45) is 7.05 Å². The molecule has 2 aromatic rings. The Balaban J connectivity index is 2.03. The summed E-state index contributed by atoms with van der Waals surface area (Å²) in [6.07, 6.45) is 0. The van der Waals surface area contributed by atoms with Crippen LogP contribution in [0.15, 0.2) is 16.5 Å². The Morgan fingerprint density at radius 3 is 2.78 bits per heavy atom. The molecule has 0 fully saturated rings. The maximum atomic E-state index is 5.74. The van der Waals surface area contributed by atoms with Gasteiger partial charge in [0, 0.05) is 18.7 Å². The van der Waals surface area contributed by atoms with Crippen molar-refractivity contribution in [3.8, 4) is 5.88 Å². The van der Waals surface area contributed by atoms with Gasteiger partial charge in [-0.2, -0.15) is 5.10 Å². The van der Waals surface area contributed by atoms with Crippen molar-refractivity contribution in [2.45, 2.75) is 27.0 Å². The van der Waals surface area contributed by atoms with Gasteiger partial charge in [-0.05, 0) is 27.0 Å². The lowest BCUT2D eigenvalue weighted by Gasteiger charge is -2.04. The molecular weight excluding hydrogens is 230 g/mol. The Kier molecular flexibility index (Phi) is 3.72. The van der Waals surface area contributed by atoms with E-state index in [0.29, 0.717) is 6.61 Å². The van der Waals surface area contributed by atoms with Crippen LogP contribution in [0, 0.1) is 13.8 Å². The quantitative estimate of drug-likeness (QED) is 0.879. The number of nitrogens with one attached hydrogen (secondary N) is 1. The molecule has 5 nitrogen and oxygen atoms in total. The molecule has 5 heteroatoms. The number of ether oxygens (including phenoxy) is 1. The number of hydrogen-bond donors (Lipinski definition) is 1. The van der Waals surface area contributed by atoms with Gasteiger partial charge in [-0.15, -0.1) is 0 Å². The zero-order valence-electron chi connectivity index (χ0n) is 11.3. The first kappa shape index (κ1) is 12.7. The molecule has 2 heterocycles. The molecule has 0 radical (unpaired) electrons. The molecule has 0 amide bonds. The summed E-state index contributed by atoms with van der Waals surface area (Å²) in [4.78, 5) is 0. The molecule has 2 aromatic heterocycles. The molecule has 0 aliphatic heterocycles. The fourth-order valence-electron chi connectivity index (χ4n) is 1.87. The molecular formula is C13H19N3O2. The number of furan rings is 1. The van der Waals surface area contributed by atoms with Crippen LogP contribution in [0.25, 0.3) is 0 Å². The van der Waals surface area contributed by atoms with Crippen LogP contribution in [-0.4, -0.2) is 16.8 Å². The normalized spacial score (nSPS) is 10.9. The number of hydrogen-bond acceptors (Lipinski definition) is 4. The summed E-state index contributed by atoms with van der Waals surface area (Å²) < 4.78 is 13.1. The minimum absolute atomic E-state index is 0.498. The molecule has 0 aliphatic carbocycles. The number of nitrogens with zero attached hydrogens (tertiary/aromatic N) is 2. The van der Waals surface area contributed by atoms with Gasteiger partial charge in [0.2, 0.25) is 5.88 Å².